The number of hydrogen-bond acceptors (Lipinski definition) is 9. The van der Waals surface area contributed by atoms with Crippen LogP contribution in [0.4, 0.5) is 16.3 Å². The van der Waals surface area contributed by atoms with E-state index in [4.69, 9.17) is 4.74 Å². The number of rotatable bonds is 4. The molecule has 2 aliphatic rings. The summed E-state index contributed by atoms with van der Waals surface area (Å²) in [5.74, 6) is -0.0948. The number of pyridine rings is 1. The molecule has 13 heteroatoms. The Morgan fingerprint density at radius 2 is 1.89 bits per heavy atom. The second kappa shape index (κ2) is 8.79. The van der Waals surface area contributed by atoms with Crippen LogP contribution in [0.25, 0.3) is 10.2 Å². The quantitative estimate of drug-likeness (QED) is 0.458. The van der Waals surface area contributed by atoms with E-state index in [0.717, 1.165) is 0 Å². The Morgan fingerprint density at radius 1 is 1.18 bits per heavy atom. The van der Waals surface area contributed by atoms with Crippen molar-refractivity contribution in [3.8, 4) is 0 Å². The summed E-state index contributed by atoms with van der Waals surface area (Å²) in [7, 11) is 0. The fourth-order valence-electron chi connectivity index (χ4n) is 4.60. The molecule has 0 unspecified atom stereocenters. The molecule has 0 aromatic carbocycles. The maximum atomic E-state index is 13.3. The van der Waals surface area contributed by atoms with E-state index in [1.807, 2.05) is 0 Å². The van der Waals surface area contributed by atoms with Crippen molar-refractivity contribution >= 4 is 51.0 Å². The van der Waals surface area contributed by atoms with E-state index in [-0.39, 0.29) is 29.1 Å². The number of aryl methyl sites for hydroxylation is 1. The van der Waals surface area contributed by atoms with Crippen molar-refractivity contribution < 1.29 is 19.1 Å². The second-order valence-corrected chi connectivity index (χ2v) is 12.0. The SMILES string of the molecule is Cc1cc(Nc2ncnc3sc(C(=O)N4CC(NC(=O)OC(C)(C)C)C4)cc23)c(=O)n2c1C(=O)NC2(C)C. The van der Waals surface area contributed by atoms with Crippen molar-refractivity contribution in [2.24, 2.45) is 0 Å². The van der Waals surface area contributed by atoms with Crippen LogP contribution in [-0.4, -0.2) is 62.1 Å². The van der Waals surface area contributed by atoms with Crippen molar-refractivity contribution in [1.82, 2.24) is 30.1 Å². The van der Waals surface area contributed by atoms with Crippen LogP contribution in [0.5, 0.6) is 0 Å². The number of nitrogens with zero attached hydrogens (tertiary/aromatic N) is 4. The van der Waals surface area contributed by atoms with E-state index in [2.05, 4.69) is 25.9 Å². The number of amides is 3. The Morgan fingerprint density at radius 3 is 2.58 bits per heavy atom. The van der Waals surface area contributed by atoms with E-state index in [1.165, 1.54) is 22.2 Å². The summed E-state index contributed by atoms with van der Waals surface area (Å²) >= 11 is 1.23. The first-order valence-corrected chi connectivity index (χ1v) is 12.9. The molecule has 0 spiro atoms. The molecule has 0 saturated carbocycles. The van der Waals surface area contributed by atoms with Crippen LogP contribution in [-0.2, 0) is 10.4 Å². The molecule has 0 atom stereocenters. The van der Waals surface area contributed by atoms with Gasteiger partial charge in [0.1, 0.15) is 39.6 Å². The third kappa shape index (κ3) is 4.57. The largest absolute Gasteiger partial charge is 0.444 e. The molecule has 1 fully saturated rings. The zero-order valence-electron chi connectivity index (χ0n) is 22.0. The van der Waals surface area contributed by atoms with E-state index in [9.17, 15) is 19.2 Å². The van der Waals surface area contributed by atoms with E-state index in [1.54, 1.807) is 58.6 Å². The van der Waals surface area contributed by atoms with E-state index in [0.29, 0.717) is 45.3 Å². The lowest BCUT2D eigenvalue weighted by Gasteiger charge is -2.39. The Kier molecular flexibility index (Phi) is 5.93. The van der Waals surface area contributed by atoms with Crippen molar-refractivity contribution in [1.29, 1.82) is 0 Å². The van der Waals surface area contributed by atoms with Gasteiger partial charge in [-0.2, -0.15) is 0 Å². The summed E-state index contributed by atoms with van der Waals surface area (Å²) in [6.07, 6.45) is 0.857. The molecule has 200 valence electrons. The van der Waals surface area contributed by atoms with Gasteiger partial charge in [-0.25, -0.2) is 14.8 Å². The molecule has 3 N–H and O–H groups in total. The van der Waals surface area contributed by atoms with Gasteiger partial charge in [0.25, 0.3) is 17.4 Å². The summed E-state index contributed by atoms with van der Waals surface area (Å²) in [6.45, 7) is 11.4. The van der Waals surface area contributed by atoms with Gasteiger partial charge in [0.2, 0.25) is 0 Å². The van der Waals surface area contributed by atoms with Gasteiger partial charge >= 0.3 is 6.09 Å². The molecule has 3 amide bonds. The van der Waals surface area contributed by atoms with Crippen molar-refractivity contribution in [3.05, 3.63) is 44.9 Å². The number of anilines is 2. The molecule has 0 aliphatic carbocycles. The molecular weight excluding hydrogens is 510 g/mol. The Bertz CT molecular complexity index is 1550. The first-order valence-electron chi connectivity index (χ1n) is 12.1. The third-order valence-corrected chi connectivity index (χ3v) is 7.30. The highest BCUT2D eigenvalue weighted by atomic mass is 32.1. The highest BCUT2D eigenvalue weighted by Crippen LogP contribution is 2.32. The van der Waals surface area contributed by atoms with Gasteiger partial charge in [0.05, 0.1) is 16.3 Å². The number of carbonyl (C=O) groups is 3. The van der Waals surface area contributed by atoms with Crippen molar-refractivity contribution in [3.63, 3.8) is 0 Å². The molecule has 5 rings (SSSR count). The standard InChI is InChI=1S/C25H29N7O5S/c1-12-7-15(21(34)32-17(12)19(33)30-25(32,5)6)29-18-14-8-16(38-20(14)27-11-26-18)22(35)31-9-13(10-31)28-23(36)37-24(2,3)4/h7-8,11,13H,9-10H2,1-6H3,(H,28,36)(H,30,33)(H,26,27,29). The fourth-order valence-corrected chi connectivity index (χ4v) is 5.56. The lowest BCUT2D eigenvalue weighted by molar-refractivity contribution is 0.0361. The maximum absolute atomic E-state index is 13.3. The summed E-state index contributed by atoms with van der Waals surface area (Å²) < 4.78 is 6.71. The van der Waals surface area contributed by atoms with Crippen molar-refractivity contribution in [2.75, 3.05) is 18.4 Å². The predicted molar refractivity (Wildman–Crippen MR) is 142 cm³/mol. The minimum absolute atomic E-state index is 0.179. The van der Waals surface area contributed by atoms with Crippen LogP contribution in [0.15, 0.2) is 23.3 Å². The van der Waals surface area contributed by atoms with Gasteiger partial charge in [-0.05, 0) is 59.2 Å². The summed E-state index contributed by atoms with van der Waals surface area (Å²) in [4.78, 5) is 62.1. The number of alkyl carbamates (subject to hydrolysis) is 1. The minimum Gasteiger partial charge on any atom is -0.444 e. The summed E-state index contributed by atoms with van der Waals surface area (Å²) in [5.41, 5.74) is -0.598. The molecule has 38 heavy (non-hydrogen) atoms. The van der Waals surface area contributed by atoms with Crippen LogP contribution in [0.3, 0.4) is 0 Å². The normalized spacial score (nSPS) is 16.6. The minimum atomic E-state index is -0.873. The molecule has 3 aromatic rings. The lowest BCUT2D eigenvalue weighted by Crippen LogP contribution is -2.61. The first kappa shape index (κ1) is 25.6. The summed E-state index contributed by atoms with van der Waals surface area (Å²) in [6, 6.07) is 3.15. The molecule has 5 heterocycles. The van der Waals surface area contributed by atoms with Gasteiger partial charge in [-0.15, -0.1) is 11.3 Å². The number of thiophene rings is 1. The zero-order valence-corrected chi connectivity index (χ0v) is 22.8. The van der Waals surface area contributed by atoms with Crippen LogP contribution in [0, 0.1) is 6.92 Å². The number of ether oxygens (including phenoxy) is 1. The smallest absolute Gasteiger partial charge is 0.407 e. The van der Waals surface area contributed by atoms with Gasteiger partial charge < -0.3 is 25.6 Å². The monoisotopic (exact) mass is 539 g/mol. The lowest BCUT2D eigenvalue weighted by atomic mass is 10.1. The molecule has 3 aromatic heterocycles. The molecule has 1 saturated heterocycles. The fraction of sp³-hybridized carbons (Fsp3) is 0.440. The predicted octanol–water partition coefficient (Wildman–Crippen LogP) is 2.69. The van der Waals surface area contributed by atoms with Gasteiger partial charge in [-0.1, -0.05) is 0 Å². The Hall–Kier alpha value is -4.00. The van der Waals surface area contributed by atoms with E-state index >= 15 is 0 Å². The highest BCUT2D eigenvalue weighted by molar-refractivity contribution is 7.20. The third-order valence-electron chi connectivity index (χ3n) is 6.27. The van der Waals surface area contributed by atoms with Crippen LogP contribution in [0.1, 0.15) is 60.3 Å². The van der Waals surface area contributed by atoms with Gasteiger partial charge in [0.15, 0.2) is 0 Å². The topological polar surface area (TPSA) is 148 Å². The molecule has 0 bridgehead atoms. The van der Waals surface area contributed by atoms with Crippen LogP contribution in [0.2, 0.25) is 0 Å². The number of hydrogen-bond donors (Lipinski definition) is 3. The number of carbonyl (C=O) groups excluding carboxylic acids is 3. The second-order valence-electron chi connectivity index (χ2n) is 11.0. The van der Waals surface area contributed by atoms with E-state index < -0.39 is 17.4 Å². The zero-order chi connectivity index (χ0) is 27.6. The number of fused-ring (bicyclic) bond motifs is 2. The Balaban J connectivity index is 1.35. The molecule has 12 nitrogen and oxygen atoms in total. The number of aromatic nitrogens is 3. The molecular formula is C25H29N7O5S. The maximum Gasteiger partial charge on any atom is 0.407 e. The Labute approximate surface area is 222 Å². The van der Waals surface area contributed by atoms with Gasteiger partial charge in [-0.3, -0.25) is 19.0 Å². The van der Waals surface area contributed by atoms with Crippen LogP contribution >= 0.6 is 11.3 Å². The first-order chi connectivity index (χ1) is 17.7. The number of likely N-dealkylation sites (tertiary alicyclic amines) is 1. The highest BCUT2D eigenvalue weighted by Gasteiger charge is 2.38. The molecule has 2 aliphatic heterocycles. The summed E-state index contributed by atoms with van der Waals surface area (Å²) in [5, 5.41) is 9.28. The van der Waals surface area contributed by atoms with Crippen LogP contribution < -0.4 is 21.5 Å². The molecule has 0 radical (unpaired) electrons. The average molecular weight is 540 g/mol. The number of nitrogens with one attached hydrogen (secondary N) is 3. The van der Waals surface area contributed by atoms with Crippen molar-refractivity contribution in [2.45, 2.75) is 58.8 Å². The average Bonchev–Trinajstić information content (AvgIpc) is 3.31. The van der Waals surface area contributed by atoms with Gasteiger partial charge in [0, 0.05) is 13.1 Å².